The van der Waals surface area contributed by atoms with E-state index in [1.54, 1.807) is 12.1 Å². The Balaban J connectivity index is 1.50. The van der Waals surface area contributed by atoms with E-state index in [4.69, 9.17) is 0 Å². The van der Waals surface area contributed by atoms with Crippen LogP contribution < -0.4 is 5.32 Å². The molecule has 0 aliphatic carbocycles. The summed E-state index contributed by atoms with van der Waals surface area (Å²) in [6.45, 7) is 6.23. The van der Waals surface area contributed by atoms with Gasteiger partial charge in [-0.1, -0.05) is 37.3 Å². The molecule has 148 valence electrons. The predicted molar refractivity (Wildman–Crippen MR) is 113 cm³/mol. The first-order valence-corrected chi connectivity index (χ1v) is 9.90. The highest BCUT2D eigenvalue weighted by molar-refractivity contribution is 5.98. The van der Waals surface area contributed by atoms with Gasteiger partial charge in [0.05, 0.1) is 6.54 Å². The van der Waals surface area contributed by atoms with Crippen molar-refractivity contribution in [2.45, 2.75) is 13.3 Å². The van der Waals surface area contributed by atoms with Gasteiger partial charge in [-0.2, -0.15) is 0 Å². The topological polar surface area (TPSA) is 52.7 Å². The third-order valence-corrected chi connectivity index (χ3v) is 5.27. The molecule has 28 heavy (non-hydrogen) atoms. The van der Waals surface area contributed by atoms with E-state index < -0.39 is 0 Å². The number of rotatable bonds is 7. The maximum absolute atomic E-state index is 12.5. The first-order chi connectivity index (χ1) is 13.5. The fraction of sp³-hybridized carbons (Fsp3) is 0.391. The number of nitrogens with one attached hydrogen (secondary N) is 1. The monoisotopic (exact) mass is 379 g/mol. The largest absolute Gasteiger partial charge is 0.326 e. The van der Waals surface area contributed by atoms with E-state index in [2.05, 4.69) is 22.2 Å². The van der Waals surface area contributed by atoms with Crippen molar-refractivity contribution in [1.29, 1.82) is 0 Å². The molecule has 1 fully saturated rings. The van der Waals surface area contributed by atoms with Gasteiger partial charge < -0.3 is 10.2 Å². The summed E-state index contributed by atoms with van der Waals surface area (Å²) in [6, 6.07) is 17.2. The summed E-state index contributed by atoms with van der Waals surface area (Å²) < 4.78 is 0. The van der Waals surface area contributed by atoms with Crippen LogP contribution in [0.1, 0.15) is 22.8 Å². The Morgan fingerprint density at radius 3 is 2.25 bits per heavy atom. The van der Waals surface area contributed by atoms with Gasteiger partial charge in [-0.3, -0.25) is 14.5 Å². The van der Waals surface area contributed by atoms with Crippen molar-refractivity contribution >= 4 is 17.4 Å². The lowest BCUT2D eigenvalue weighted by molar-refractivity contribution is -0.119. The van der Waals surface area contributed by atoms with Gasteiger partial charge in [-0.05, 0) is 43.3 Å². The summed E-state index contributed by atoms with van der Waals surface area (Å²) in [6.07, 6.45) is 0.703. The Hall–Kier alpha value is -2.50. The minimum absolute atomic E-state index is 0.0135. The number of hydrogen-bond acceptors (Lipinski definition) is 4. The third-order valence-electron chi connectivity index (χ3n) is 5.27. The van der Waals surface area contributed by atoms with Gasteiger partial charge in [0.1, 0.15) is 0 Å². The second kappa shape index (κ2) is 9.62. The van der Waals surface area contributed by atoms with Crippen molar-refractivity contribution in [2.75, 3.05) is 45.1 Å². The molecule has 1 aliphatic heterocycles. The molecule has 1 aliphatic rings. The van der Waals surface area contributed by atoms with Gasteiger partial charge in [0.15, 0.2) is 5.78 Å². The molecule has 1 atom stereocenters. The number of piperazine rings is 1. The summed E-state index contributed by atoms with van der Waals surface area (Å²) >= 11 is 0. The molecule has 1 amide bonds. The lowest BCUT2D eigenvalue weighted by Gasteiger charge is -2.31. The Morgan fingerprint density at radius 1 is 0.964 bits per heavy atom. The van der Waals surface area contributed by atoms with E-state index in [1.165, 1.54) is 0 Å². The van der Waals surface area contributed by atoms with Crippen LogP contribution in [0.5, 0.6) is 0 Å². The molecule has 1 N–H and O–H groups in total. The number of carbonyl (C=O) groups excluding carboxylic acids is 2. The van der Waals surface area contributed by atoms with Crippen molar-refractivity contribution in [2.24, 2.45) is 5.92 Å². The fourth-order valence-electron chi connectivity index (χ4n) is 3.37. The van der Waals surface area contributed by atoms with E-state index in [1.807, 2.05) is 49.4 Å². The van der Waals surface area contributed by atoms with Gasteiger partial charge in [-0.25, -0.2) is 0 Å². The third kappa shape index (κ3) is 5.75. The summed E-state index contributed by atoms with van der Waals surface area (Å²) in [5.41, 5.74) is 2.56. The molecular weight excluding hydrogens is 350 g/mol. The number of carbonyl (C=O) groups is 2. The first-order valence-electron chi connectivity index (χ1n) is 9.90. The number of anilines is 1. The highest BCUT2D eigenvalue weighted by atomic mass is 16.2. The number of benzene rings is 2. The van der Waals surface area contributed by atoms with Crippen LogP contribution >= 0.6 is 0 Å². The number of nitrogens with zero attached hydrogens (tertiary/aromatic N) is 2. The standard InChI is InChI=1S/C23H29N3O2/c1-18(16-19-6-4-3-5-7-19)23(28)24-21-10-8-20(9-11-21)22(27)17-26-14-12-25(2)13-15-26/h3-11,18H,12-17H2,1-2H3,(H,24,28). The van der Waals surface area contributed by atoms with E-state index in [0.717, 1.165) is 37.4 Å². The zero-order valence-corrected chi connectivity index (χ0v) is 16.7. The summed E-state index contributed by atoms with van der Waals surface area (Å²) in [5.74, 6) is -0.0128. The Kier molecular flexibility index (Phi) is 6.95. The van der Waals surface area contributed by atoms with Gasteiger partial charge in [0, 0.05) is 43.3 Å². The second-order valence-corrected chi connectivity index (χ2v) is 7.66. The molecule has 3 rings (SSSR count). The van der Waals surface area contributed by atoms with E-state index >= 15 is 0 Å². The molecule has 1 saturated heterocycles. The van der Waals surface area contributed by atoms with Crippen LogP contribution in [-0.4, -0.2) is 61.3 Å². The molecule has 0 spiro atoms. The van der Waals surface area contributed by atoms with E-state index in [9.17, 15) is 9.59 Å². The van der Waals surface area contributed by atoms with Crippen molar-refractivity contribution in [3.63, 3.8) is 0 Å². The van der Waals surface area contributed by atoms with Gasteiger partial charge >= 0.3 is 0 Å². The molecule has 5 heteroatoms. The number of amides is 1. The average Bonchev–Trinajstić information content (AvgIpc) is 2.71. The zero-order valence-electron chi connectivity index (χ0n) is 16.7. The zero-order chi connectivity index (χ0) is 19.9. The van der Waals surface area contributed by atoms with E-state index in [-0.39, 0.29) is 17.6 Å². The lowest BCUT2D eigenvalue weighted by atomic mass is 10.0. The van der Waals surface area contributed by atoms with Crippen LogP contribution in [0.3, 0.4) is 0 Å². The first kappa shape index (κ1) is 20.2. The predicted octanol–water partition coefficient (Wildman–Crippen LogP) is 2.93. The molecule has 0 bridgehead atoms. The van der Waals surface area contributed by atoms with Crippen LogP contribution in [-0.2, 0) is 11.2 Å². The van der Waals surface area contributed by atoms with Crippen LogP contribution in [0.15, 0.2) is 54.6 Å². The summed E-state index contributed by atoms with van der Waals surface area (Å²) in [5, 5.41) is 2.95. The van der Waals surface area contributed by atoms with Crippen LogP contribution in [0.2, 0.25) is 0 Å². The van der Waals surface area contributed by atoms with Gasteiger partial charge in [-0.15, -0.1) is 0 Å². The molecular formula is C23H29N3O2. The average molecular weight is 380 g/mol. The number of Topliss-reactive ketones (excluding diaryl/α,β-unsaturated/α-hetero) is 1. The number of ketones is 1. The number of likely N-dealkylation sites (N-methyl/N-ethyl adjacent to an activating group) is 1. The molecule has 1 heterocycles. The summed E-state index contributed by atoms with van der Waals surface area (Å²) in [7, 11) is 2.10. The van der Waals surface area contributed by atoms with Crippen molar-refractivity contribution in [3.8, 4) is 0 Å². The Bertz CT molecular complexity index is 781. The molecule has 0 aromatic heterocycles. The molecule has 5 nitrogen and oxygen atoms in total. The molecule has 0 saturated carbocycles. The van der Waals surface area contributed by atoms with Crippen LogP contribution in [0, 0.1) is 5.92 Å². The normalized spacial score (nSPS) is 16.5. The smallest absolute Gasteiger partial charge is 0.227 e. The second-order valence-electron chi connectivity index (χ2n) is 7.66. The quantitative estimate of drug-likeness (QED) is 0.752. The maximum Gasteiger partial charge on any atom is 0.227 e. The van der Waals surface area contributed by atoms with Crippen molar-refractivity contribution in [3.05, 3.63) is 65.7 Å². The molecule has 1 unspecified atom stereocenters. The van der Waals surface area contributed by atoms with Crippen molar-refractivity contribution in [1.82, 2.24) is 9.80 Å². The Morgan fingerprint density at radius 2 is 1.61 bits per heavy atom. The molecule has 2 aromatic rings. The van der Waals surface area contributed by atoms with Crippen LogP contribution in [0.25, 0.3) is 0 Å². The minimum Gasteiger partial charge on any atom is -0.326 e. The maximum atomic E-state index is 12.5. The van der Waals surface area contributed by atoms with Gasteiger partial charge in [0.2, 0.25) is 5.91 Å². The number of hydrogen-bond donors (Lipinski definition) is 1. The SMILES string of the molecule is CC(Cc1ccccc1)C(=O)Nc1ccc(C(=O)CN2CCN(C)CC2)cc1. The highest BCUT2D eigenvalue weighted by Gasteiger charge is 2.18. The minimum atomic E-state index is -0.124. The van der Waals surface area contributed by atoms with Crippen molar-refractivity contribution < 1.29 is 9.59 Å². The van der Waals surface area contributed by atoms with Crippen LogP contribution in [0.4, 0.5) is 5.69 Å². The van der Waals surface area contributed by atoms with E-state index in [0.29, 0.717) is 18.5 Å². The highest BCUT2D eigenvalue weighted by Crippen LogP contribution is 2.15. The molecule has 0 radical (unpaired) electrons. The lowest BCUT2D eigenvalue weighted by Crippen LogP contribution is -2.46. The molecule has 2 aromatic carbocycles. The fourth-order valence-corrected chi connectivity index (χ4v) is 3.37. The Labute approximate surface area is 167 Å². The summed E-state index contributed by atoms with van der Waals surface area (Å²) in [4.78, 5) is 29.4. The van der Waals surface area contributed by atoms with Gasteiger partial charge in [0.25, 0.3) is 0 Å².